The van der Waals surface area contributed by atoms with Gasteiger partial charge in [-0.1, -0.05) is 23.7 Å². The normalized spacial score (nSPS) is 12.0. The number of nitrogens with zero attached hydrogens (tertiary/aromatic N) is 2. The van der Waals surface area contributed by atoms with Crippen LogP contribution in [-0.4, -0.2) is 35.4 Å². The highest BCUT2D eigenvalue weighted by Crippen LogP contribution is 2.29. The monoisotopic (exact) mass is 403 g/mol. The molecule has 0 spiro atoms. The van der Waals surface area contributed by atoms with Crippen molar-refractivity contribution in [2.24, 2.45) is 5.73 Å². The maximum absolute atomic E-state index is 12.5. The van der Waals surface area contributed by atoms with Crippen LogP contribution >= 0.6 is 22.9 Å². The molecule has 2 aromatic carbocycles. The molecule has 0 radical (unpaired) electrons. The van der Waals surface area contributed by atoms with Gasteiger partial charge in [-0.05, 0) is 37.3 Å². The molecule has 0 saturated carbocycles. The van der Waals surface area contributed by atoms with Gasteiger partial charge in [0.1, 0.15) is 10.8 Å². The number of halogens is 1. The van der Waals surface area contributed by atoms with Gasteiger partial charge in [0.15, 0.2) is 6.61 Å². The third-order valence-electron chi connectivity index (χ3n) is 4.20. The Morgan fingerprint density at radius 3 is 2.74 bits per heavy atom. The van der Waals surface area contributed by atoms with Crippen LogP contribution in [0.5, 0.6) is 5.75 Å². The summed E-state index contributed by atoms with van der Waals surface area (Å²) in [6.45, 7) is 1.68. The summed E-state index contributed by atoms with van der Waals surface area (Å²) >= 11 is 7.42. The quantitative estimate of drug-likeness (QED) is 0.680. The highest BCUT2D eigenvalue weighted by Gasteiger charge is 2.21. The van der Waals surface area contributed by atoms with Gasteiger partial charge in [-0.3, -0.25) is 9.59 Å². The number of amides is 2. The second kappa shape index (κ2) is 7.94. The first-order chi connectivity index (χ1) is 12.9. The number of hydrogen-bond acceptors (Lipinski definition) is 5. The van der Waals surface area contributed by atoms with E-state index in [1.807, 2.05) is 31.2 Å². The van der Waals surface area contributed by atoms with Crippen molar-refractivity contribution in [1.82, 2.24) is 9.88 Å². The van der Waals surface area contributed by atoms with Gasteiger partial charge in [-0.2, -0.15) is 0 Å². The van der Waals surface area contributed by atoms with Crippen LogP contribution in [0.3, 0.4) is 0 Å². The molecular weight excluding hydrogens is 386 g/mol. The Morgan fingerprint density at radius 2 is 2.04 bits per heavy atom. The molecule has 0 fully saturated rings. The van der Waals surface area contributed by atoms with E-state index in [0.717, 1.165) is 15.2 Å². The van der Waals surface area contributed by atoms with Crippen LogP contribution in [0.2, 0.25) is 5.02 Å². The molecule has 2 amide bonds. The SMILES string of the molecule is C[C@H](c1nc2ccccc2s1)N(C)C(=O)COc1ccc(Cl)cc1C(N)=O. The molecule has 0 bridgehead atoms. The number of carbonyl (C=O) groups excluding carboxylic acids is 2. The van der Waals surface area contributed by atoms with Gasteiger partial charge in [-0.25, -0.2) is 4.98 Å². The Balaban J connectivity index is 1.69. The third-order valence-corrected chi connectivity index (χ3v) is 5.64. The summed E-state index contributed by atoms with van der Waals surface area (Å²) in [4.78, 5) is 30.2. The number of nitrogens with two attached hydrogens (primary N) is 1. The van der Waals surface area contributed by atoms with Gasteiger partial charge in [0, 0.05) is 12.1 Å². The molecule has 1 heterocycles. The summed E-state index contributed by atoms with van der Waals surface area (Å²) in [5, 5.41) is 1.21. The van der Waals surface area contributed by atoms with Gasteiger partial charge >= 0.3 is 0 Å². The number of primary amides is 1. The molecule has 8 heteroatoms. The van der Waals surface area contributed by atoms with Crippen LogP contribution in [0.1, 0.15) is 28.3 Å². The van der Waals surface area contributed by atoms with E-state index in [1.54, 1.807) is 29.4 Å². The fourth-order valence-electron chi connectivity index (χ4n) is 2.51. The van der Waals surface area contributed by atoms with E-state index in [-0.39, 0.29) is 29.9 Å². The van der Waals surface area contributed by atoms with Crippen molar-refractivity contribution in [3.63, 3.8) is 0 Å². The predicted octanol–water partition coefficient (Wildman–Crippen LogP) is 3.65. The fourth-order valence-corrected chi connectivity index (χ4v) is 3.75. The van der Waals surface area contributed by atoms with E-state index in [9.17, 15) is 9.59 Å². The lowest BCUT2D eigenvalue weighted by Crippen LogP contribution is -2.33. The summed E-state index contributed by atoms with van der Waals surface area (Å²) in [5.41, 5.74) is 6.38. The molecule has 1 atom stereocenters. The highest BCUT2D eigenvalue weighted by molar-refractivity contribution is 7.18. The largest absolute Gasteiger partial charge is 0.483 e. The number of hydrogen-bond donors (Lipinski definition) is 1. The summed E-state index contributed by atoms with van der Waals surface area (Å²) in [6.07, 6.45) is 0. The van der Waals surface area contributed by atoms with Crippen molar-refractivity contribution in [2.45, 2.75) is 13.0 Å². The number of fused-ring (bicyclic) bond motifs is 1. The molecule has 0 unspecified atom stereocenters. The molecule has 3 rings (SSSR count). The van der Waals surface area contributed by atoms with E-state index in [0.29, 0.717) is 5.02 Å². The Kier molecular flexibility index (Phi) is 5.62. The second-order valence-corrected chi connectivity index (χ2v) is 7.49. The molecule has 27 heavy (non-hydrogen) atoms. The van der Waals surface area contributed by atoms with Crippen molar-refractivity contribution in [1.29, 1.82) is 0 Å². The zero-order valence-electron chi connectivity index (χ0n) is 14.8. The minimum Gasteiger partial charge on any atom is -0.483 e. The lowest BCUT2D eigenvalue weighted by atomic mass is 10.2. The van der Waals surface area contributed by atoms with Crippen molar-refractivity contribution >= 4 is 45.0 Å². The topological polar surface area (TPSA) is 85.5 Å². The van der Waals surface area contributed by atoms with Gasteiger partial charge in [-0.15, -0.1) is 11.3 Å². The highest BCUT2D eigenvalue weighted by atomic mass is 35.5. The maximum atomic E-state index is 12.5. The minimum absolute atomic E-state index is 0.136. The Bertz CT molecular complexity index is 972. The zero-order valence-corrected chi connectivity index (χ0v) is 16.4. The molecule has 140 valence electrons. The molecule has 3 aromatic rings. The van der Waals surface area contributed by atoms with Crippen molar-refractivity contribution < 1.29 is 14.3 Å². The van der Waals surface area contributed by atoms with Gasteiger partial charge in [0.25, 0.3) is 11.8 Å². The maximum Gasteiger partial charge on any atom is 0.260 e. The van der Waals surface area contributed by atoms with E-state index in [4.69, 9.17) is 22.1 Å². The standard InChI is InChI=1S/C19H18ClN3O3S/c1-11(19-22-14-5-3-4-6-16(14)27-19)23(2)17(24)10-26-15-8-7-12(20)9-13(15)18(21)25/h3-9,11H,10H2,1-2H3,(H2,21,25)/t11-/m1/s1. The number of thiazole rings is 1. The number of benzene rings is 2. The molecule has 2 N–H and O–H groups in total. The second-order valence-electron chi connectivity index (χ2n) is 5.99. The third kappa shape index (κ3) is 4.20. The smallest absolute Gasteiger partial charge is 0.260 e. The Morgan fingerprint density at radius 1 is 1.30 bits per heavy atom. The number of rotatable bonds is 6. The van der Waals surface area contributed by atoms with Crippen LogP contribution in [0, 0.1) is 0 Å². The summed E-state index contributed by atoms with van der Waals surface area (Å²) in [6, 6.07) is 12.1. The van der Waals surface area contributed by atoms with E-state index < -0.39 is 5.91 Å². The number of para-hydroxylation sites is 1. The first-order valence-electron chi connectivity index (χ1n) is 8.20. The molecule has 1 aromatic heterocycles. The molecular formula is C19H18ClN3O3S. The lowest BCUT2D eigenvalue weighted by molar-refractivity contribution is -0.134. The first-order valence-corrected chi connectivity index (χ1v) is 9.39. The van der Waals surface area contributed by atoms with Gasteiger partial charge in [0.05, 0.1) is 21.8 Å². The summed E-state index contributed by atoms with van der Waals surface area (Å²) < 4.78 is 6.59. The van der Waals surface area contributed by atoms with Crippen molar-refractivity contribution in [3.8, 4) is 5.75 Å². The van der Waals surface area contributed by atoms with Crippen LogP contribution in [0.25, 0.3) is 10.2 Å². The fraction of sp³-hybridized carbons (Fsp3) is 0.211. The number of carbonyl (C=O) groups is 2. The zero-order chi connectivity index (χ0) is 19.6. The first kappa shape index (κ1) is 19.1. The molecule has 0 aliphatic carbocycles. The Hall–Kier alpha value is -2.64. The molecule has 6 nitrogen and oxygen atoms in total. The number of ether oxygens (including phenoxy) is 1. The van der Waals surface area contributed by atoms with E-state index in [2.05, 4.69) is 4.98 Å². The molecule has 0 saturated heterocycles. The average Bonchev–Trinajstić information content (AvgIpc) is 3.09. The average molecular weight is 404 g/mol. The molecule has 0 aliphatic heterocycles. The van der Waals surface area contributed by atoms with Crippen LogP contribution in [-0.2, 0) is 4.79 Å². The lowest BCUT2D eigenvalue weighted by Gasteiger charge is -2.23. The van der Waals surface area contributed by atoms with Gasteiger partial charge < -0.3 is 15.4 Å². The minimum atomic E-state index is -0.670. The van der Waals surface area contributed by atoms with Crippen LogP contribution < -0.4 is 10.5 Å². The van der Waals surface area contributed by atoms with Crippen molar-refractivity contribution in [2.75, 3.05) is 13.7 Å². The number of likely N-dealkylation sites (N-methyl/N-ethyl adjacent to an activating group) is 1. The van der Waals surface area contributed by atoms with Crippen LogP contribution in [0.15, 0.2) is 42.5 Å². The predicted molar refractivity (Wildman–Crippen MR) is 106 cm³/mol. The van der Waals surface area contributed by atoms with Crippen molar-refractivity contribution in [3.05, 3.63) is 58.1 Å². The van der Waals surface area contributed by atoms with E-state index in [1.165, 1.54) is 12.1 Å². The molecule has 0 aliphatic rings. The van der Waals surface area contributed by atoms with Gasteiger partial charge in [0.2, 0.25) is 0 Å². The number of aromatic nitrogens is 1. The van der Waals surface area contributed by atoms with Crippen LogP contribution in [0.4, 0.5) is 0 Å². The Labute approximate surface area is 165 Å². The summed E-state index contributed by atoms with van der Waals surface area (Å²) in [5.74, 6) is -0.690. The summed E-state index contributed by atoms with van der Waals surface area (Å²) in [7, 11) is 1.69. The van der Waals surface area contributed by atoms with E-state index >= 15 is 0 Å².